The van der Waals surface area contributed by atoms with Crippen LogP contribution >= 0.6 is 11.8 Å². The summed E-state index contributed by atoms with van der Waals surface area (Å²) in [7, 11) is 3.63. The summed E-state index contributed by atoms with van der Waals surface area (Å²) in [4.78, 5) is 15.2. The summed E-state index contributed by atoms with van der Waals surface area (Å²) >= 11 is 1.74. The van der Waals surface area contributed by atoms with Gasteiger partial charge in [-0.25, -0.2) is 0 Å². The molecule has 1 N–H and O–H groups in total. The van der Waals surface area contributed by atoms with Crippen molar-refractivity contribution in [3.8, 4) is 0 Å². The van der Waals surface area contributed by atoms with Crippen LogP contribution in [0.25, 0.3) is 0 Å². The minimum absolute atomic E-state index is 0.129. The van der Waals surface area contributed by atoms with Crippen molar-refractivity contribution in [2.24, 2.45) is 5.92 Å². The number of rotatable bonds is 7. The summed E-state index contributed by atoms with van der Waals surface area (Å²) < 4.78 is 0. The second kappa shape index (κ2) is 8.44. The average molecular weight is 308 g/mol. The maximum absolute atomic E-state index is 12.3. The molecule has 4 heteroatoms. The fourth-order valence-electron chi connectivity index (χ4n) is 2.31. The Balaban J connectivity index is 2.78. The van der Waals surface area contributed by atoms with Gasteiger partial charge in [-0.15, -0.1) is 11.8 Å². The number of benzene rings is 1. The highest BCUT2D eigenvalue weighted by atomic mass is 32.2. The standard InChI is InChI=1S/C17H28N2OS/c1-12(2)11-16(17(20)19(4)5)18-13(3)14-7-9-15(21-6)10-8-14/h7-10,12-13,16,18H,11H2,1-6H3. The number of hydrogen-bond acceptors (Lipinski definition) is 3. The van der Waals surface area contributed by atoms with Crippen molar-refractivity contribution in [2.45, 2.75) is 44.2 Å². The lowest BCUT2D eigenvalue weighted by Gasteiger charge is -2.26. The molecule has 118 valence electrons. The van der Waals surface area contributed by atoms with Gasteiger partial charge in [-0.2, -0.15) is 0 Å². The molecule has 1 aromatic carbocycles. The Morgan fingerprint density at radius 3 is 2.19 bits per heavy atom. The van der Waals surface area contributed by atoms with Crippen LogP contribution in [0.3, 0.4) is 0 Å². The molecule has 0 aliphatic heterocycles. The van der Waals surface area contributed by atoms with Gasteiger partial charge < -0.3 is 4.90 Å². The number of nitrogens with one attached hydrogen (secondary N) is 1. The summed E-state index contributed by atoms with van der Waals surface area (Å²) in [6.07, 6.45) is 2.93. The first-order valence-electron chi connectivity index (χ1n) is 7.46. The highest BCUT2D eigenvalue weighted by Crippen LogP contribution is 2.20. The Bertz CT molecular complexity index is 443. The lowest BCUT2D eigenvalue weighted by Crippen LogP contribution is -2.45. The molecule has 0 saturated heterocycles. The average Bonchev–Trinajstić information content (AvgIpc) is 2.45. The van der Waals surface area contributed by atoms with Crippen molar-refractivity contribution in [3.05, 3.63) is 29.8 Å². The van der Waals surface area contributed by atoms with Gasteiger partial charge in [0.1, 0.15) is 0 Å². The highest BCUT2D eigenvalue weighted by Gasteiger charge is 2.23. The fraction of sp³-hybridized carbons (Fsp3) is 0.588. The third-order valence-electron chi connectivity index (χ3n) is 3.51. The van der Waals surface area contributed by atoms with Crippen LogP contribution in [0.4, 0.5) is 0 Å². The second-order valence-corrected chi connectivity index (χ2v) is 6.96. The molecule has 0 fully saturated rings. The highest BCUT2D eigenvalue weighted by molar-refractivity contribution is 7.98. The zero-order chi connectivity index (χ0) is 16.0. The Hall–Kier alpha value is -1.00. The normalized spacial score (nSPS) is 14.0. The fourth-order valence-corrected chi connectivity index (χ4v) is 2.72. The van der Waals surface area contributed by atoms with E-state index in [4.69, 9.17) is 0 Å². The van der Waals surface area contributed by atoms with E-state index in [1.54, 1.807) is 16.7 Å². The van der Waals surface area contributed by atoms with Crippen LogP contribution in [-0.2, 0) is 4.79 Å². The van der Waals surface area contributed by atoms with Crippen molar-refractivity contribution < 1.29 is 4.79 Å². The SMILES string of the molecule is CSc1ccc(C(C)NC(CC(C)C)C(=O)N(C)C)cc1. The molecule has 2 atom stereocenters. The predicted octanol–water partition coefficient (Wildman–Crippen LogP) is 3.56. The number of amides is 1. The predicted molar refractivity (Wildman–Crippen MR) is 91.7 cm³/mol. The molecule has 3 nitrogen and oxygen atoms in total. The first-order chi connectivity index (χ1) is 9.85. The number of carbonyl (C=O) groups is 1. The third-order valence-corrected chi connectivity index (χ3v) is 4.26. The van der Waals surface area contributed by atoms with Crippen LogP contribution in [0.5, 0.6) is 0 Å². The molecule has 2 unspecified atom stereocenters. The first kappa shape index (κ1) is 18.1. The third kappa shape index (κ3) is 5.71. The van der Waals surface area contributed by atoms with E-state index in [0.29, 0.717) is 5.92 Å². The lowest BCUT2D eigenvalue weighted by atomic mass is 10.0. The summed E-state index contributed by atoms with van der Waals surface area (Å²) in [5, 5.41) is 3.49. The minimum Gasteiger partial charge on any atom is -0.347 e. The van der Waals surface area contributed by atoms with Gasteiger partial charge in [0.15, 0.2) is 0 Å². The van der Waals surface area contributed by atoms with Crippen molar-refractivity contribution in [3.63, 3.8) is 0 Å². The summed E-state index contributed by atoms with van der Waals surface area (Å²) in [5.41, 5.74) is 1.22. The molecule has 1 aromatic rings. The van der Waals surface area contributed by atoms with Gasteiger partial charge in [-0.1, -0.05) is 26.0 Å². The Morgan fingerprint density at radius 2 is 1.76 bits per heavy atom. The molecule has 0 heterocycles. The van der Waals surface area contributed by atoms with E-state index in [-0.39, 0.29) is 18.0 Å². The molecular weight excluding hydrogens is 280 g/mol. The molecule has 0 aliphatic carbocycles. The Morgan fingerprint density at radius 1 is 1.19 bits per heavy atom. The zero-order valence-corrected chi connectivity index (χ0v) is 14.8. The summed E-state index contributed by atoms with van der Waals surface area (Å²) in [6.45, 7) is 6.41. The van der Waals surface area contributed by atoms with Crippen molar-refractivity contribution in [1.82, 2.24) is 10.2 Å². The largest absolute Gasteiger partial charge is 0.347 e. The quantitative estimate of drug-likeness (QED) is 0.782. The van der Waals surface area contributed by atoms with Crippen LogP contribution in [0.2, 0.25) is 0 Å². The van der Waals surface area contributed by atoms with Gasteiger partial charge in [0, 0.05) is 25.0 Å². The van der Waals surface area contributed by atoms with Gasteiger partial charge >= 0.3 is 0 Å². The monoisotopic (exact) mass is 308 g/mol. The van der Waals surface area contributed by atoms with Gasteiger partial charge in [0.25, 0.3) is 0 Å². The minimum atomic E-state index is -0.129. The van der Waals surface area contributed by atoms with E-state index in [0.717, 1.165) is 6.42 Å². The number of likely N-dealkylation sites (N-methyl/N-ethyl adjacent to an activating group) is 1. The number of thioether (sulfide) groups is 1. The van der Waals surface area contributed by atoms with E-state index in [2.05, 4.69) is 56.6 Å². The molecule has 21 heavy (non-hydrogen) atoms. The van der Waals surface area contributed by atoms with Crippen LogP contribution in [0.15, 0.2) is 29.2 Å². The van der Waals surface area contributed by atoms with E-state index in [1.165, 1.54) is 10.5 Å². The van der Waals surface area contributed by atoms with Crippen LogP contribution < -0.4 is 5.32 Å². The van der Waals surface area contributed by atoms with Crippen molar-refractivity contribution in [1.29, 1.82) is 0 Å². The first-order valence-corrected chi connectivity index (χ1v) is 8.68. The molecule has 0 aliphatic rings. The molecule has 0 radical (unpaired) electrons. The maximum atomic E-state index is 12.3. The van der Waals surface area contributed by atoms with E-state index < -0.39 is 0 Å². The second-order valence-electron chi connectivity index (χ2n) is 6.08. The van der Waals surface area contributed by atoms with Crippen LogP contribution in [0.1, 0.15) is 38.8 Å². The smallest absolute Gasteiger partial charge is 0.239 e. The van der Waals surface area contributed by atoms with Crippen molar-refractivity contribution in [2.75, 3.05) is 20.4 Å². The lowest BCUT2D eigenvalue weighted by molar-refractivity contribution is -0.131. The maximum Gasteiger partial charge on any atom is 0.239 e. The van der Waals surface area contributed by atoms with Crippen LogP contribution in [-0.4, -0.2) is 37.2 Å². The van der Waals surface area contributed by atoms with Gasteiger partial charge in [0.05, 0.1) is 6.04 Å². The van der Waals surface area contributed by atoms with Crippen molar-refractivity contribution >= 4 is 17.7 Å². The van der Waals surface area contributed by atoms with Gasteiger partial charge in [-0.3, -0.25) is 10.1 Å². The van der Waals surface area contributed by atoms with Gasteiger partial charge in [0.2, 0.25) is 5.91 Å². The number of carbonyl (C=O) groups excluding carboxylic acids is 1. The molecule has 0 bridgehead atoms. The molecule has 0 aromatic heterocycles. The van der Waals surface area contributed by atoms with Crippen LogP contribution in [0, 0.1) is 5.92 Å². The molecule has 0 spiro atoms. The molecule has 0 saturated carbocycles. The number of nitrogens with zero attached hydrogens (tertiary/aromatic N) is 1. The number of hydrogen-bond donors (Lipinski definition) is 1. The summed E-state index contributed by atoms with van der Waals surface area (Å²) in [6, 6.07) is 8.56. The van der Waals surface area contributed by atoms with E-state index in [1.807, 2.05) is 14.1 Å². The van der Waals surface area contributed by atoms with E-state index in [9.17, 15) is 4.79 Å². The van der Waals surface area contributed by atoms with E-state index >= 15 is 0 Å². The zero-order valence-electron chi connectivity index (χ0n) is 14.0. The topological polar surface area (TPSA) is 32.3 Å². The van der Waals surface area contributed by atoms with Gasteiger partial charge in [-0.05, 0) is 43.2 Å². The molecule has 1 rings (SSSR count). The molecule has 1 amide bonds. The summed E-state index contributed by atoms with van der Waals surface area (Å²) in [5.74, 6) is 0.633. The Kier molecular flexibility index (Phi) is 7.26. The molecular formula is C17H28N2OS. The Labute approximate surface area is 133 Å².